The number of halogens is 2. The molecule has 2 aromatic carbocycles. The maximum Gasteiger partial charge on any atom is 0.419 e. The summed E-state index contributed by atoms with van der Waals surface area (Å²) in [6.07, 6.45) is 2.11. The molecule has 0 unspecified atom stereocenters. The summed E-state index contributed by atoms with van der Waals surface area (Å²) < 4.78 is 34.5. The molecule has 5 amide bonds. The maximum absolute atomic E-state index is 16.0. The molecule has 0 saturated heterocycles. The molecule has 0 radical (unpaired) electrons. The number of nitrogens with one attached hydrogen (secondary N) is 5. The number of hydrogen-bond donors (Lipinski definition) is 5. The minimum atomic E-state index is -1.24. The van der Waals surface area contributed by atoms with E-state index < -0.39 is 70.9 Å². The lowest BCUT2D eigenvalue weighted by Gasteiger charge is -2.32. The molecule has 3 heterocycles. The second-order valence-electron chi connectivity index (χ2n) is 20.1. The second-order valence-corrected chi connectivity index (χ2v) is 22.0. The molecule has 5 rings (SSSR count). The Labute approximate surface area is 422 Å². The van der Waals surface area contributed by atoms with Crippen molar-refractivity contribution in [2.45, 2.75) is 141 Å². The average Bonchev–Trinajstić information content (AvgIpc) is 3.63. The van der Waals surface area contributed by atoms with E-state index in [4.69, 9.17) is 14.2 Å². The van der Waals surface area contributed by atoms with Gasteiger partial charge in [0, 0.05) is 66.2 Å². The van der Waals surface area contributed by atoms with Crippen molar-refractivity contribution in [3.63, 3.8) is 0 Å². The van der Waals surface area contributed by atoms with Crippen LogP contribution in [0.4, 0.5) is 18.9 Å². The van der Waals surface area contributed by atoms with Gasteiger partial charge in [0.1, 0.15) is 33.9 Å². The fraction of sp³-hybridized carbons (Fsp3) is 0.520. The van der Waals surface area contributed by atoms with Gasteiger partial charge in [0.15, 0.2) is 0 Å². The molecule has 17 nitrogen and oxygen atoms in total. The van der Waals surface area contributed by atoms with Crippen LogP contribution in [0.3, 0.4) is 0 Å². The van der Waals surface area contributed by atoms with Crippen molar-refractivity contribution in [2.75, 3.05) is 33.2 Å². The van der Waals surface area contributed by atoms with Crippen LogP contribution >= 0.6 is 27.7 Å². The van der Waals surface area contributed by atoms with Gasteiger partial charge in [0.05, 0.1) is 18.1 Å². The van der Waals surface area contributed by atoms with Gasteiger partial charge in [-0.2, -0.15) is 0 Å². The molecule has 0 aliphatic carbocycles. The van der Waals surface area contributed by atoms with Crippen LogP contribution in [0.1, 0.15) is 99.1 Å². The lowest BCUT2D eigenvalue weighted by molar-refractivity contribution is -0.142. The van der Waals surface area contributed by atoms with Crippen molar-refractivity contribution in [2.24, 2.45) is 0 Å². The molecule has 0 spiro atoms. The number of hydrogen-bond acceptors (Lipinski definition) is 12. The molecule has 1 aromatic heterocycles. The highest BCUT2D eigenvalue weighted by Crippen LogP contribution is 2.39. The van der Waals surface area contributed by atoms with Gasteiger partial charge in [-0.15, -0.1) is 0 Å². The summed E-state index contributed by atoms with van der Waals surface area (Å²) >= 11 is 4.78. The monoisotopic (exact) mass is 1050 g/mol. The first-order valence-electron chi connectivity index (χ1n) is 23.4. The van der Waals surface area contributed by atoms with Gasteiger partial charge >= 0.3 is 18.3 Å². The summed E-state index contributed by atoms with van der Waals surface area (Å²) in [4.78, 5) is 85.1. The molecule has 0 bridgehead atoms. The van der Waals surface area contributed by atoms with Crippen LogP contribution in [0.15, 0.2) is 80.8 Å². The highest BCUT2D eigenvalue weighted by Gasteiger charge is 2.36. The van der Waals surface area contributed by atoms with Crippen molar-refractivity contribution in [1.29, 1.82) is 0 Å². The Balaban J connectivity index is 1.57. The zero-order chi connectivity index (χ0) is 51.6. The molecule has 382 valence electrons. The van der Waals surface area contributed by atoms with Gasteiger partial charge in [-0.05, 0) is 117 Å². The third-order valence-corrected chi connectivity index (χ3v) is 12.9. The Kier molecular flexibility index (Phi) is 19.0. The summed E-state index contributed by atoms with van der Waals surface area (Å²) in [6, 6.07) is 11.2. The summed E-state index contributed by atoms with van der Waals surface area (Å²) in [5, 5.41) is 16.2. The number of ether oxygens (including phenoxy) is 3. The smallest absolute Gasteiger partial charge is 0.419 e. The number of carbonyl (C=O) groups excluding carboxylic acids is 6. The van der Waals surface area contributed by atoms with E-state index >= 15 is 9.28 Å². The Morgan fingerprint density at radius 1 is 0.800 bits per heavy atom. The van der Waals surface area contributed by atoms with Gasteiger partial charge in [0.25, 0.3) is 0 Å². The van der Waals surface area contributed by atoms with E-state index in [-0.39, 0.29) is 63.4 Å². The SMILES string of the molecule is CN1C(=O)[C@H](CCCNC(=O)OC(C)(C)C)NC(=O)[C@H](CCCNC(=O)OC(C)(C)C)NCc2ccccc2SC2=C(CNC(=O)[C@@H]1Cc1cn(C(=O)OC(C)(C)C)c3ccccc13)C(Br)=CCN2F. The van der Waals surface area contributed by atoms with E-state index in [0.29, 0.717) is 43.0 Å². The normalized spacial score (nSPS) is 19.0. The molecule has 0 fully saturated rings. The number of fused-ring (bicyclic) bond motifs is 2. The molecule has 70 heavy (non-hydrogen) atoms. The van der Waals surface area contributed by atoms with E-state index in [1.165, 1.54) is 28.3 Å². The number of alkyl carbamates (subject to hydrolysis) is 2. The molecule has 3 aromatic rings. The second kappa shape index (κ2) is 24.0. The number of para-hydroxylation sites is 1. The number of carbonyl (C=O) groups is 6. The van der Waals surface area contributed by atoms with Crippen molar-refractivity contribution in [3.8, 4) is 0 Å². The number of nitrogens with zero attached hydrogens (tertiary/aromatic N) is 3. The Bertz CT molecular complexity index is 2460. The lowest BCUT2D eigenvalue weighted by Crippen LogP contribution is -2.57. The van der Waals surface area contributed by atoms with Crippen LogP contribution in [-0.4, -0.2) is 119 Å². The highest BCUT2D eigenvalue weighted by atomic mass is 79.9. The predicted molar refractivity (Wildman–Crippen MR) is 270 cm³/mol. The molecule has 2 aliphatic heterocycles. The zero-order valence-corrected chi connectivity index (χ0v) is 44.2. The third-order valence-electron chi connectivity index (χ3n) is 10.9. The van der Waals surface area contributed by atoms with Crippen LogP contribution in [0.25, 0.3) is 10.9 Å². The Hall–Kier alpha value is -5.60. The van der Waals surface area contributed by atoms with E-state index in [9.17, 15) is 24.0 Å². The van der Waals surface area contributed by atoms with Gasteiger partial charge in [-0.1, -0.05) is 68.6 Å². The van der Waals surface area contributed by atoms with Crippen molar-refractivity contribution in [3.05, 3.63) is 87.0 Å². The van der Waals surface area contributed by atoms with E-state index in [2.05, 4.69) is 42.5 Å². The first kappa shape index (κ1) is 55.3. The number of rotatable bonds is 10. The minimum Gasteiger partial charge on any atom is -0.444 e. The summed E-state index contributed by atoms with van der Waals surface area (Å²) in [7, 11) is 1.47. The number of benzene rings is 2. The molecule has 2 aliphatic rings. The van der Waals surface area contributed by atoms with Gasteiger partial charge in [0.2, 0.25) is 17.7 Å². The molecular weight excluding hydrogens is 988 g/mol. The standard InChI is InChI=1S/C50H68BrFN8O9S/c1-48(2,3)67-45(64)53-24-15-19-36-41(61)57-37(20-16-25-54-46(65)68-49(4,5)6)43(63)58(10)39(27-32-30-59(47(66)69-50(7,8)9)38-21-13-12-18-33(32)38)42(62)56-29-34-35(51)23-26-60(52)44(34)70-40-22-14-11-17-31(40)28-55-36/h11-14,17-18,21-23,30,36-37,39,55H,15-16,19-20,24-29H2,1-10H3,(H,53,64)(H,54,65)(H,56,62)(H,57,61)/t36-,37-,39-/m0/s1. The number of aromatic nitrogens is 1. The fourth-order valence-electron chi connectivity index (χ4n) is 7.63. The summed E-state index contributed by atoms with van der Waals surface area (Å²) in [5.74, 6) is -1.72. The van der Waals surface area contributed by atoms with Gasteiger partial charge in [-0.25, -0.2) is 19.5 Å². The highest BCUT2D eigenvalue weighted by molar-refractivity contribution is 9.12. The first-order valence-corrected chi connectivity index (χ1v) is 25.0. The number of likely N-dealkylation sites (N-methyl/N-ethyl adjacent to an activating group) is 1. The molecule has 20 heteroatoms. The van der Waals surface area contributed by atoms with Gasteiger partial charge < -0.3 is 45.7 Å². The predicted octanol–water partition coefficient (Wildman–Crippen LogP) is 7.96. The topological polar surface area (TPSA) is 202 Å². The Morgan fingerprint density at radius 3 is 2.01 bits per heavy atom. The number of thioether (sulfide) groups is 1. The maximum atomic E-state index is 16.0. The zero-order valence-electron chi connectivity index (χ0n) is 41.8. The number of amides is 5. The van der Waals surface area contributed by atoms with E-state index in [1.54, 1.807) is 92.8 Å². The van der Waals surface area contributed by atoms with E-state index in [1.807, 2.05) is 30.3 Å². The molecule has 5 N–H and O–H groups in total. The van der Waals surface area contributed by atoms with Crippen LogP contribution in [0, 0.1) is 0 Å². The van der Waals surface area contributed by atoms with Crippen molar-refractivity contribution < 1.29 is 47.5 Å². The molecule has 0 saturated carbocycles. The van der Waals surface area contributed by atoms with Crippen molar-refractivity contribution >= 4 is 74.6 Å². The quantitative estimate of drug-likeness (QED) is 0.0747. The molecular formula is C50H68BrFN8O9S. The van der Waals surface area contributed by atoms with Crippen LogP contribution < -0.4 is 26.6 Å². The largest absolute Gasteiger partial charge is 0.444 e. The fourth-order valence-corrected chi connectivity index (χ4v) is 9.34. The van der Waals surface area contributed by atoms with Crippen LogP contribution in [-0.2, 0) is 41.6 Å². The summed E-state index contributed by atoms with van der Waals surface area (Å²) in [6.45, 7) is 16.0. The van der Waals surface area contributed by atoms with Crippen LogP contribution in [0.2, 0.25) is 0 Å². The third kappa shape index (κ3) is 16.2. The van der Waals surface area contributed by atoms with Crippen LogP contribution in [0.5, 0.6) is 0 Å². The first-order chi connectivity index (χ1) is 32.8. The Morgan fingerprint density at radius 2 is 1.39 bits per heavy atom. The average molecular weight is 1060 g/mol. The molecule has 3 atom stereocenters. The summed E-state index contributed by atoms with van der Waals surface area (Å²) in [5.41, 5.74) is 0.0194. The minimum absolute atomic E-state index is 0.0454. The van der Waals surface area contributed by atoms with E-state index in [0.717, 1.165) is 5.56 Å². The van der Waals surface area contributed by atoms with Crippen molar-refractivity contribution in [1.82, 2.24) is 41.2 Å². The lowest BCUT2D eigenvalue weighted by atomic mass is 10.0. The van der Waals surface area contributed by atoms with Gasteiger partial charge in [-0.3, -0.25) is 19.0 Å².